The highest BCUT2D eigenvalue weighted by Crippen LogP contribution is 2.30. The summed E-state index contributed by atoms with van der Waals surface area (Å²) in [5.41, 5.74) is 1.88. The molecule has 0 atom stereocenters. The highest BCUT2D eigenvalue weighted by atomic mass is 32.2. The smallest absolute Gasteiger partial charge is 0.230 e. The molecule has 2 aromatic heterocycles. The number of nitrogens with one attached hydrogen (secondary N) is 1. The molecule has 0 radical (unpaired) electrons. The van der Waals surface area contributed by atoms with E-state index in [1.165, 1.54) is 11.8 Å². The SMILES string of the molecule is COc1ccccc1-c1nnc(SCC(=O)NCc2ccccc2)n1-n1cccc1. The molecule has 30 heavy (non-hydrogen) atoms. The van der Waals surface area contributed by atoms with Crippen LogP contribution >= 0.6 is 11.8 Å². The Morgan fingerprint density at radius 1 is 1.00 bits per heavy atom. The third-order valence-corrected chi connectivity index (χ3v) is 5.36. The van der Waals surface area contributed by atoms with Gasteiger partial charge in [0.2, 0.25) is 11.1 Å². The van der Waals surface area contributed by atoms with Gasteiger partial charge in [0.25, 0.3) is 0 Å². The average Bonchev–Trinajstić information content (AvgIpc) is 3.46. The molecule has 0 unspecified atom stereocenters. The van der Waals surface area contributed by atoms with E-state index in [-0.39, 0.29) is 11.7 Å². The first-order valence-electron chi connectivity index (χ1n) is 9.42. The Morgan fingerprint density at radius 2 is 1.73 bits per heavy atom. The molecule has 1 N–H and O–H groups in total. The first kappa shape index (κ1) is 19.8. The van der Waals surface area contributed by atoms with Crippen LogP contribution in [0.4, 0.5) is 0 Å². The molecule has 0 aliphatic carbocycles. The van der Waals surface area contributed by atoms with Gasteiger partial charge in [-0.15, -0.1) is 10.2 Å². The van der Waals surface area contributed by atoms with E-state index >= 15 is 0 Å². The van der Waals surface area contributed by atoms with Crippen molar-refractivity contribution in [3.05, 3.63) is 84.7 Å². The third-order valence-electron chi connectivity index (χ3n) is 4.44. The van der Waals surface area contributed by atoms with E-state index in [9.17, 15) is 4.79 Å². The van der Waals surface area contributed by atoms with E-state index in [1.807, 2.05) is 88.5 Å². The van der Waals surface area contributed by atoms with Gasteiger partial charge in [0.05, 0.1) is 18.4 Å². The molecule has 152 valence electrons. The van der Waals surface area contributed by atoms with Crippen molar-refractivity contribution in [3.8, 4) is 17.1 Å². The monoisotopic (exact) mass is 419 g/mol. The average molecular weight is 420 g/mol. The molecule has 1 amide bonds. The van der Waals surface area contributed by atoms with Crippen LogP contribution < -0.4 is 10.1 Å². The second-order valence-electron chi connectivity index (χ2n) is 6.43. The molecule has 2 aromatic carbocycles. The highest BCUT2D eigenvalue weighted by molar-refractivity contribution is 7.99. The van der Waals surface area contributed by atoms with Gasteiger partial charge in [-0.2, -0.15) is 0 Å². The van der Waals surface area contributed by atoms with Crippen LogP contribution in [0.1, 0.15) is 5.56 Å². The number of thioether (sulfide) groups is 1. The number of methoxy groups -OCH3 is 1. The van der Waals surface area contributed by atoms with E-state index in [1.54, 1.807) is 7.11 Å². The zero-order valence-corrected chi connectivity index (χ0v) is 17.2. The number of nitrogens with zero attached hydrogens (tertiary/aromatic N) is 4. The summed E-state index contributed by atoms with van der Waals surface area (Å²) in [5, 5.41) is 12.3. The fourth-order valence-corrected chi connectivity index (χ4v) is 3.76. The highest BCUT2D eigenvalue weighted by Gasteiger charge is 2.19. The molecule has 0 aliphatic heterocycles. The van der Waals surface area contributed by atoms with Crippen LogP contribution in [0.2, 0.25) is 0 Å². The topological polar surface area (TPSA) is 74.0 Å². The summed E-state index contributed by atoms with van der Waals surface area (Å²) in [6, 6.07) is 21.3. The number of hydrogen-bond acceptors (Lipinski definition) is 5. The Morgan fingerprint density at radius 3 is 2.50 bits per heavy atom. The summed E-state index contributed by atoms with van der Waals surface area (Å²) in [6.07, 6.45) is 3.81. The number of amides is 1. The normalized spacial score (nSPS) is 10.7. The first-order chi connectivity index (χ1) is 14.8. The van der Waals surface area contributed by atoms with Gasteiger partial charge in [0.15, 0.2) is 5.82 Å². The number of carbonyl (C=O) groups is 1. The molecule has 0 saturated heterocycles. The van der Waals surface area contributed by atoms with E-state index < -0.39 is 0 Å². The Hall–Kier alpha value is -3.52. The molecule has 4 rings (SSSR count). The van der Waals surface area contributed by atoms with E-state index in [0.717, 1.165) is 11.1 Å². The largest absolute Gasteiger partial charge is 0.496 e. The van der Waals surface area contributed by atoms with Crippen LogP contribution in [-0.2, 0) is 11.3 Å². The van der Waals surface area contributed by atoms with Gasteiger partial charge in [-0.1, -0.05) is 54.2 Å². The van der Waals surface area contributed by atoms with Crippen LogP contribution in [0, 0.1) is 0 Å². The number of para-hydroxylation sites is 1. The molecule has 0 fully saturated rings. The van der Waals surface area contributed by atoms with Crippen molar-refractivity contribution in [1.82, 2.24) is 24.9 Å². The zero-order valence-electron chi connectivity index (χ0n) is 16.4. The molecule has 2 heterocycles. The van der Waals surface area contributed by atoms with Gasteiger partial charge in [-0.3, -0.25) is 9.47 Å². The molecule has 0 aliphatic rings. The minimum atomic E-state index is -0.0650. The van der Waals surface area contributed by atoms with Crippen LogP contribution in [0.25, 0.3) is 11.4 Å². The number of aromatic nitrogens is 4. The molecule has 4 aromatic rings. The van der Waals surface area contributed by atoms with Crippen molar-refractivity contribution < 1.29 is 9.53 Å². The summed E-state index contributed by atoms with van der Waals surface area (Å²) >= 11 is 1.33. The summed E-state index contributed by atoms with van der Waals surface area (Å²) in [4.78, 5) is 12.3. The fourth-order valence-electron chi connectivity index (χ4n) is 3.00. The van der Waals surface area contributed by atoms with Gasteiger partial charge in [0, 0.05) is 18.9 Å². The van der Waals surface area contributed by atoms with E-state index in [0.29, 0.717) is 23.3 Å². The molecule has 0 bridgehead atoms. The van der Waals surface area contributed by atoms with Crippen LogP contribution in [0.5, 0.6) is 5.75 Å². The molecule has 0 saturated carbocycles. The van der Waals surface area contributed by atoms with E-state index in [2.05, 4.69) is 15.5 Å². The lowest BCUT2D eigenvalue weighted by Crippen LogP contribution is -2.24. The van der Waals surface area contributed by atoms with Gasteiger partial charge in [-0.25, -0.2) is 4.68 Å². The lowest BCUT2D eigenvalue weighted by Gasteiger charge is -2.13. The van der Waals surface area contributed by atoms with Crippen molar-refractivity contribution in [1.29, 1.82) is 0 Å². The Labute approximate surface area is 178 Å². The first-order valence-corrected chi connectivity index (χ1v) is 10.4. The standard InChI is InChI=1S/C22H21N5O2S/c1-29-19-12-6-5-11-18(19)21-24-25-22(27(21)26-13-7-8-14-26)30-16-20(28)23-15-17-9-3-2-4-10-17/h2-14H,15-16H2,1H3,(H,23,28). The summed E-state index contributed by atoms with van der Waals surface area (Å²) in [7, 11) is 1.63. The second-order valence-corrected chi connectivity index (χ2v) is 7.37. The van der Waals surface area contributed by atoms with Crippen molar-refractivity contribution in [3.63, 3.8) is 0 Å². The molecular formula is C22H21N5O2S. The van der Waals surface area contributed by atoms with Gasteiger partial charge >= 0.3 is 0 Å². The van der Waals surface area contributed by atoms with Crippen LogP contribution in [0.3, 0.4) is 0 Å². The number of hydrogen-bond donors (Lipinski definition) is 1. The summed E-state index contributed by atoms with van der Waals surface area (Å²) in [6.45, 7) is 0.497. The maximum Gasteiger partial charge on any atom is 0.230 e. The van der Waals surface area contributed by atoms with Gasteiger partial charge < -0.3 is 10.1 Å². The van der Waals surface area contributed by atoms with Crippen molar-refractivity contribution in [2.75, 3.05) is 12.9 Å². The lowest BCUT2D eigenvalue weighted by molar-refractivity contribution is -0.118. The maximum atomic E-state index is 12.3. The van der Waals surface area contributed by atoms with Gasteiger partial charge in [0.1, 0.15) is 5.75 Å². The summed E-state index contributed by atoms with van der Waals surface area (Å²) < 4.78 is 9.24. The fraction of sp³-hybridized carbons (Fsp3) is 0.136. The van der Waals surface area contributed by atoms with Crippen molar-refractivity contribution in [2.45, 2.75) is 11.7 Å². The Balaban J connectivity index is 1.54. The molecular weight excluding hydrogens is 398 g/mol. The van der Waals surface area contributed by atoms with Crippen LogP contribution in [-0.4, -0.2) is 38.3 Å². The summed E-state index contributed by atoms with van der Waals surface area (Å²) in [5.74, 6) is 1.51. The quantitative estimate of drug-likeness (QED) is 0.443. The zero-order chi connectivity index (χ0) is 20.8. The van der Waals surface area contributed by atoms with Crippen LogP contribution in [0.15, 0.2) is 84.3 Å². The number of carbonyl (C=O) groups excluding carboxylic acids is 1. The van der Waals surface area contributed by atoms with Crippen molar-refractivity contribution in [2.24, 2.45) is 0 Å². The third kappa shape index (κ3) is 4.38. The number of ether oxygens (including phenoxy) is 1. The molecule has 0 spiro atoms. The predicted octanol–water partition coefficient (Wildman–Crippen LogP) is 3.48. The minimum Gasteiger partial charge on any atom is -0.496 e. The van der Waals surface area contributed by atoms with Crippen molar-refractivity contribution >= 4 is 17.7 Å². The van der Waals surface area contributed by atoms with E-state index in [4.69, 9.17) is 4.74 Å². The Bertz CT molecular complexity index is 1110. The predicted molar refractivity (Wildman–Crippen MR) is 116 cm³/mol. The number of rotatable bonds is 8. The molecule has 7 nitrogen and oxygen atoms in total. The second kappa shape index (κ2) is 9.32. The lowest BCUT2D eigenvalue weighted by atomic mass is 10.2. The van der Waals surface area contributed by atoms with Gasteiger partial charge in [-0.05, 0) is 29.8 Å². The number of benzene rings is 2. The minimum absolute atomic E-state index is 0.0650. The Kier molecular flexibility index (Phi) is 6.14. The molecule has 8 heteroatoms. The maximum absolute atomic E-state index is 12.3.